The van der Waals surface area contributed by atoms with Crippen LogP contribution in [0.1, 0.15) is 17.3 Å². The van der Waals surface area contributed by atoms with E-state index in [2.05, 4.69) is 14.9 Å². The highest BCUT2D eigenvalue weighted by atomic mass is 16.5. The van der Waals surface area contributed by atoms with Gasteiger partial charge in [-0.2, -0.15) is 0 Å². The van der Waals surface area contributed by atoms with Gasteiger partial charge in [-0.1, -0.05) is 12.1 Å². The summed E-state index contributed by atoms with van der Waals surface area (Å²) in [6.07, 6.45) is 3.48. The first-order chi connectivity index (χ1) is 11.6. The molecular formula is C17H19N3O4. The van der Waals surface area contributed by atoms with Crippen molar-refractivity contribution in [2.24, 2.45) is 5.41 Å². The molecule has 2 atom stereocenters. The van der Waals surface area contributed by atoms with Crippen LogP contribution in [0.4, 0.5) is 0 Å². The quantitative estimate of drug-likeness (QED) is 0.883. The highest BCUT2D eigenvalue weighted by Gasteiger charge is 2.56. The molecule has 2 aliphatic heterocycles. The average molecular weight is 329 g/mol. The zero-order valence-electron chi connectivity index (χ0n) is 13.4. The molecule has 3 heterocycles. The SMILES string of the molecule is COc1cccc2c1OC[C@]1(C(=O)O)CN(Cc3ncc[nH]3)C[C@H]21. The first kappa shape index (κ1) is 15.0. The normalized spacial score (nSPS) is 25.6. The lowest BCUT2D eigenvalue weighted by atomic mass is 9.73. The predicted molar refractivity (Wildman–Crippen MR) is 85.2 cm³/mol. The molecule has 0 radical (unpaired) electrons. The summed E-state index contributed by atoms with van der Waals surface area (Å²) in [4.78, 5) is 21.5. The van der Waals surface area contributed by atoms with E-state index in [1.165, 1.54) is 0 Å². The number of likely N-dealkylation sites (tertiary alicyclic amines) is 1. The Morgan fingerprint density at radius 2 is 2.46 bits per heavy atom. The summed E-state index contributed by atoms with van der Waals surface area (Å²) in [6.45, 7) is 1.83. The fraction of sp³-hybridized carbons (Fsp3) is 0.412. The summed E-state index contributed by atoms with van der Waals surface area (Å²) in [5.74, 6) is 1.20. The van der Waals surface area contributed by atoms with Gasteiger partial charge in [0.15, 0.2) is 11.5 Å². The van der Waals surface area contributed by atoms with Gasteiger partial charge in [-0.25, -0.2) is 4.98 Å². The summed E-state index contributed by atoms with van der Waals surface area (Å²) in [5.41, 5.74) is -0.0312. The van der Waals surface area contributed by atoms with Gasteiger partial charge < -0.3 is 19.6 Å². The smallest absolute Gasteiger partial charge is 0.315 e. The Morgan fingerprint density at radius 1 is 1.58 bits per heavy atom. The summed E-state index contributed by atoms with van der Waals surface area (Å²) in [6, 6.07) is 5.66. The van der Waals surface area contributed by atoms with Gasteiger partial charge in [-0.3, -0.25) is 9.69 Å². The van der Waals surface area contributed by atoms with E-state index in [0.29, 0.717) is 31.1 Å². The number of imidazole rings is 1. The van der Waals surface area contributed by atoms with Crippen LogP contribution in [0.2, 0.25) is 0 Å². The fourth-order valence-corrected chi connectivity index (χ4v) is 3.87. The first-order valence-electron chi connectivity index (χ1n) is 7.88. The zero-order valence-corrected chi connectivity index (χ0v) is 13.4. The van der Waals surface area contributed by atoms with Gasteiger partial charge in [0.25, 0.3) is 0 Å². The Morgan fingerprint density at radius 3 is 3.17 bits per heavy atom. The number of aromatic amines is 1. The number of nitrogens with zero attached hydrogens (tertiary/aromatic N) is 2. The van der Waals surface area contributed by atoms with Crippen molar-refractivity contribution in [1.29, 1.82) is 0 Å². The van der Waals surface area contributed by atoms with Gasteiger partial charge in [-0.15, -0.1) is 0 Å². The van der Waals surface area contributed by atoms with Crippen LogP contribution in [0.5, 0.6) is 11.5 Å². The molecule has 24 heavy (non-hydrogen) atoms. The van der Waals surface area contributed by atoms with E-state index in [1.54, 1.807) is 19.5 Å². The number of ether oxygens (including phenoxy) is 2. The molecular weight excluding hydrogens is 310 g/mol. The number of hydrogen-bond donors (Lipinski definition) is 2. The maximum atomic E-state index is 12.1. The molecule has 2 aliphatic rings. The molecule has 7 heteroatoms. The second kappa shape index (κ2) is 5.52. The van der Waals surface area contributed by atoms with Crippen molar-refractivity contribution in [2.75, 3.05) is 26.8 Å². The Kier molecular flexibility index (Phi) is 3.45. The number of carbonyl (C=O) groups is 1. The second-order valence-corrected chi connectivity index (χ2v) is 6.39. The number of carboxylic acids is 1. The van der Waals surface area contributed by atoms with E-state index in [0.717, 1.165) is 11.4 Å². The fourth-order valence-electron chi connectivity index (χ4n) is 3.87. The van der Waals surface area contributed by atoms with Crippen LogP contribution in [0.15, 0.2) is 30.6 Å². The number of hydrogen-bond acceptors (Lipinski definition) is 5. The van der Waals surface area contributed by atoms with Crippen LogP contribution in [-0.4, -0.2) is 52.7 Å². The van der Waals surface area contributed by atoms with Crippen molar-refractivity contribution in [2.45, 2.75) is 12.5 Å². The van der Waals surface area contributed by atoms with Crippen molar-refractivity contribution in [3.05, 3.63) is 42.0 Å². The lowest BCUT2D eigenvalue weighted by molar-refractivity contribution is -0.152. The second-order valence-electron chi connectivity index (χ2n) is 6.39. The highest BCUT2D eigenvalue weighted by molar-refractivity contribution is 5.78. The number of carboxylic acid groups (broad SMARTS) is 1. The van der Waals surface area contributed by atoms with Crippen molar-refractivity contribution in [3.63, 3.8) is 0 Å². The number of aromatic nitrogens is 2. The average Bonchev–Trinajstić information content (AvgIpc) is 3.22. The lowest BCUT2D eigenvalue weighted by Crippen LogP contribution is -2.45. The van der Waals surface area contributed by atoms with Crippen molar-refractivity contribution in [3.8, 4) is 11.5 Å². The molecule has 1 aromatic carbocycles. The van der Waals surface area contributed by atoms with Crippen LogP contribution < -0.4 is 9.47 Å². The Hall–Kier alpha value is -2.54. The lowest BCUT2D eigenvalue weighted by Gasteiger charge is -2.36. The molecule has 1 aromatic heterocycles. The molecule has 0 aliphatic carbocycles. The van der Waals surface area contributed by atoms with E-state index >= 15 is 0 Å². The third-order valence-electron chi connectivity index (χ3n) is 5.05. The number of rotatable bonds is 4. The minimum Gasteiger partial charge on any atom is -0.493 e. The molecule has 2 aromatic rings. The third-order valence-corrected chi connectivity index (χ3v) is 5.05. The summed E-state index contributed by atoms with van der Waals surface area (Å²) in [5, 5.41) is 9.93. The Labute approximate surface area is 139 Å². The maximum absolute atomic E-state index is 12.1. The number of fused-ring (bicyclic) bond motifs is 3. The first-order valence-corrected chi connectivity index (χ1v) is 7.88. The van der Waals surface area contributed by atoms with Crippen LogP contribution in [0.3, 0.4) is 0 Å². The molecule has 0 unspecified atom stereocenters. The van der Waals surface area contributed by atoms with E-state index in [4.69, 9.17) is 9.47 Å². The minimum absolute atomic E-state index is 0.135. The maximum Gasteiger partial charge on any atom is 0.315 e. The summed E-state index contributed by atoms with van der Waals surface area (Å²) < 4.78 is 11.2. The Bertz CT molecular complexity index is 761. The number of methoxy groups -OCH3 is 1. The highest BCUT2D eigenvalue weighted by Crippen LogP contribution is 2.52. The Balaban J connectivity index is 1.71. The molecule has 1 fully saturated rings. The zero-order chi connectivity index (χ0) is 16.7. The number of H-pyrrole nitrogens is 1. The van der Waals surface area contributed by atoms with E-state index in [-0.39, 0.29) is 12.5 Å². The molecule has 0 amide bonds. The number of nitrogens with one attached hydrogen (secondary N) is 1. The summed E-state index contributed by atoms with van der Waals surface area (Å²) in [7, 11) is 1.59. The molecule has 0 bridgehead atoms. The van der Waals surface area contributed by atoms with Gasteiger partial charge in [-0.05, 0) is 6.07 Å². The van der Waals surface area contributed by atoms with Crippen molar-refractivity contribution in [1.82, 2.24) is 14.9 Å². The predicted octanol–water partition coefficient (Wildman–Crippen LogP) is 1.48. The molecule has 0 spiro atoms. The van der Waals surface area contributed by atoms with Gasteiger partial charge >= 0.3 is 5.97 Å². The van der Waals surface area contributed by atoms with Gasteiger partial charge in [0.05, 0.1) is 13.7 Å². The molecule has 0 saturated carbocycles. The van der Waals surface area contributed by atoms with E-state index in [1.807, 2.05) is 18.2 Å². The van der Waals surface area contributed by atoms with E-state index < -0.39 is 11.4 Å². The molecule has 126 valence electrons. The van der Waals surface area contributed by atoms with Gasteiger partial charge in [0.1, 0.15) is 17.8 Å². The number of benzene rings is 1. The summed E-state index contributed by atoms with van der Waals surface area (Å²) >= 11 is 0. The minimum atomic E-state index is -0.939. The van der Waals surface area contributed by atoms with Crippen LogP contribution in [0.25, 0.3) is 0 Å². The van der Waals surface area contributed by atoms with Gasteiger partial charge in [0, 0.05) is 37.0 Å². The molecule has 2 N–H and O–H groups in total. The van der Waals surface area contributed by atoms with Crippen LogP contribution >= 0.6 is 0 Å². The van der Waals surface area contributed by atoms with Crippen LogP contribution in [0, 0.1) is 5.41 Å². The largest absolute Gasteiger partial charge is 0.493 e. The molecule has 4 rings (SSSR count). The van der Waals surface area contributed by atoms with Crippen molar-refractivity contribution < 1.29 is 19.4 Å². The topological polar surface area (TPSA) is 87.7 Å². The van der Waals surface area contributed by atoms with E-state index in [9.17, 15) is 9.90 Å². The van der Waals surface area contributed by atoms with Crippen LogP contribution in [-0.2, 0) is 11.3 Å². The standard InChI is InChI=1S/C17H19N3O4/c1-23-13-4-2-3-11-12-7-20(8-14-18-5-6-19-14)9-17(12,16(21)22)10-24-15(11)13/h2-6,12H,7-10H2,1H3,(H,18,19)(H,21,22)/t12-,17-/m1/s1. The number of para-hydroxylation sites is 1. The number of aliphatic carboxylic acids is 1. The third kappa shape index (κ3) is 2.16. The molecule has 7 nitrogen and oxygen atoms in total. The molecule has 1 saturated heterocycles. The monoisotopic (exact) mass is 329 g/mol. The van der Waals surface area contributed by atoms with Gasteiger partial charge in [0.2, 0.25) is 0 Å². The van der Waals surface area contributed by atoms with Crippen molar-refractivity contribution >= 4 is 5.97 Å².